The normalized spacial score (nSPS) is 15.2. The largest absolute Gasteiger partial charge is 0.395 e. The van der Waals surface area contributed by atoms with Gasteiger partial charge in [0.25, 0.3) is 5.91 Å². The Morgan fingerprint density at radius 2 is 2.14 bits per heavy atom. The van der Waals surface area contributed by atoms with Crippen molar-refractivity contribution in [3.8, 4) is 0 Å². The van der Waals surface area contributed by atoms with Gasteiger partial charge in [0.2, 0.25) is 0 Å². The quantitative estimate of drug-likeness (QED) is 0.843. The van der Waals surface area contributed by atoms with Gasteiger partial charge in [-0.2, -0.15) is 0 Å². The molecule has 116 valence electrons. The first-order valence-electron chi connectivity index (χ1n) is 7.80. The molecule has 2 N–H and O–H groups in total. The second-order valence-electron chi connectivity index (χ2n) is 5.57. The summed E-state index contributed by atoms with van der Waals surface area (Å²) in [7, 11) is 0. The Bertz CT molecular complexity index is 484. The van der Waals surface area contributed by atoms with Gasteiger partial charge in [-0.05, 0) is 38.8 Å². The summed E-state index contributed by atoms with van der Waals surface area (Å²) < 4.78 is 0. The molecule has 1 aliphatic carbocycles. The standard InChI is InChI=1S/C16H25N3O2/c1-3-17-15-11-13(10-12(2)18-15)16(21)19(8-9-20)14-6-4-5-7-14/h10-11,14,20H,3-9H2,1-2H3,(H,17,18). The molecule has 0 atom stereocenters. The van der Waals surface area contributed by atoms with Crippen LogP contribution in [0, 0.1) is 6.92 Å². The molecule has 0 aliphatic heterocycles. The van der Waals surface area contributed by atoms with E-state index >= 15 is 0 Å². The highest BCUT2D eigenvalue weighted by molar-refractivity contribution is 5.95. The third-order valence-corrected chi connectivity index (χ3v) is 3.93. The Labute approximate surface area is 126 Å². The fraction of sp³-hybridized carbons (Fsp3) is 0.625. The smallest absolute Gasteiger partial charge is 0.254 e. The predicted molar refractivity (Wildman–Crippen MR) is 83.5 cm³/mol. The van der Waals surface area contributed by atoms with Crippen LogP contribution in [0.5, 0.6) is 0 Å². The van der Waals surface area contributed by atoms with Gasteiger partial charge >= 0.3 is 0 Å². The zero-order chi connectivity index (χ0) is 15.2. The van der Waals surface area contributed by atoms with Crippen molar-refractivity contribution in [2.75, 3.05) is 25.0 Å². The molecule has 1 aromatic rings. The molecule has 5 heteroatoms. The summed E-state index contributed by atoms with van der Waals surface area (Å²) in [5.41, 5.74) is 1.48. The zero-order valence-corrected chi connectivity index (χ0v) is 12.9. The van der Waals surface area contributed by atoms with Crippen molar-refractivity contribution in [3.05, 3.63) is 23.4 Å². The first-order chi connectivity index (χ1) is 10.2. The Morgan fingerprint density at radius 3 is 2.76 bits per heavy atom. The van der Waals surface area contributed by atoms with Gasteiger partial charge in [-0.25, -0.2) is 4.98 Å². The summed E-state index contributed by atoms with van der Waals surface area (Å²) in [6.07, 6.45) is 4.40. The monoisotopic (exact) mass is 291 g/mol. The minimum atomic E-state index is 0.000558. The number of nitrogens with one attached hydrogen (secondary N) is 1. The molecule has 21 heavy (non-hydrogen) atoms. The van der Waals surface area contributed by atoms with Crippen molar-refractivity contribution in [3.63, 3.8) is 0 Å². The van der Waals surface area contributed by atoms with Gasteiger partial charge < -0.3 is 15.3 Å². The molecule has 1 heterocycles. The Morgan fingerprint density at radius 1 is 1.43 bits per heavy atom. The van der Waals surface area contributed by atoms with Crippen LogP contribution in [0.25, 0.3) is 0 Å². The predicted octanol–water partition coefficient (Wildman–Crippen LogP) is 2.20. The van der Waals surface area contributed by atoms with Gasteiger partial charge in [0.1, 0.15) is 5.82 Å². The third-order valence-electron chi connectivity index (χ3n) is 3.93. The summed E-state index contributed by atoms with van der Waals surface area (Å²) in [5.74, 6) is 0.733. The van der Waals surface area contributed by atoms with Crippen LogP contribution in [0.15, 0.2) is 12.1 Å². The number of nitrogens with zero attached hydrogens (tertiary/aromatic N) is 2. The van der Waals surface area contributed by atoms with Crippen LogP contribution in [-0.4, -0.2) is 46.6 Å². The van der Waals surface area contributed by atoms with Crippen LogP contribution >= 0.6 is 0 Å². The van der Waals surface area contributed by atoms with Gasteiger partial charge in [-0.3, -0.25) is 4.79 Å². The van der Waals surface area contributed by atoms with E-state index in [1.54, 1.807) is 6.07 Å². The lowest BCUT2D eigenvalue weighted by molar-refractivity contribution is 0.0638. The number of hydrogen-bond donors (Lipinski definition) is 2. The zero-order valence-electron chi connectivity index (χ0n) is 12.9. The number of rotatable bonds is 6. The minimum Gasteiger partial charge on any atom is -0.395 e. The lowest BCUT2D eigenvalue weighted by atomic mass is 10.1. The number of carbonyl (C=O) groups excluding carboxylic acids is 1. The molecule has 1 aliphatic rings. The van der Waals surface area contributed by atoms with E-state index in [1.807, 2.05) is 24.8 Å². The Balaban J connectivity index is 2.22. The van der Waals surface area contributed by atoms with Crippen LogP contribution < -0.4 is 5.32 Å². The maximum atomic E-state index is 12.8. The molecule has 1 aromatic heterocycles. The summed E-state index contributed by atoms with van der Waals surface area (Å²) in [4.78, 5) is 19.0. The molecule has 1 fully saturated rings. The maximum Gasteiger partial charge on any atom is 0.254 e. The summed E-state index contributed by atoms with van der Waals surface area (Å²) in [5, 5.41) is 12.4. The SMILES string of the molecule is CCNc1cc(C(=O)N(CCO)C2CCCC2)cc(C)n1. The molecule has 0 bridgehead atoms. The fourth-order valence-corrected chi connectivity index (χ4v) is 3.00. The van der Waals surface area contributed by atoms with Crippen molar-refractivity contribution in [2.24, 2.45) is 0 Å². The van der Waals surface area contributed by atoms with Crippen LogP contribution in [0.4, 0.5) is 5.82 Å². The molecule has 0 unspecified atom stereocenters. The summed E-state index contributed by atoms with van der Waals surface area (Å²) in [6.45, 7) is 5.08. The lowest BCUT2D eigenvalue weighted by Gasteiger charge is -2.28. The van der Waals surface area contributed by atoms with Crippen LogP contribution in [0.3, 0.4) is 0 Å². The number of hydrogen-bond acceptors (Lipinski definition) is 4. The number of aliphatic hydroxyl groups excluding tert-OH is 1. The van der Waals surface area contributed by atoms with E-state index in [-0.39, 0.29) is 18.6 Å². The van der Waals surface area contributed by atoms with Crippen LogP contribution in [0.1, 0.15) is 48.7 Å². The van der Waals surface area contributed by atoms with Crippen LogP contribution in [-0.2, 0) is 0 Å². The average molecular weight is 291 g/mol. The number of aromatic nitrogens is 1. The van der Waals surface area contributed by atoms with Gasteiger partial charge in [0.15, 0.2) is 0 Å². The van der Waals surface area contributed by atoms with Gasteiger partial charge in [0, 0.05) is 30.4 Å². The van der Waals surface area contributed by atoms with Crippen molar-refractivity contribution in [1.29, 1.82) is 0 Å². The molecule has 5 nitrogen and oxygen atoms in total. The van der Waals surface area contributed by atoms with Crippen LogP contribution in [0.2, 0.25) is 0 Å². The van der Waals surface area contributed by atoms with E-state index in [9.17, 15) is 9.90 Å². The highest BCUT2D eigenvalue weighted by atomic mass is 16.3. The molecular weight excluding hydrogens is 266 g/mol. The van der Waals surface area contributed by atoms with E-state index in [2.05, 4.69) is 10.3 Å². The second-order valence-corrected chi connectivity index (χ2v) is 5.57. The molecular formula is C16H25N3O2. The average Bonchev–Trinajstić information content (AvgIpc) is 2.97. The molecule has 0 spiro atoms. The van der Waals surface area contributed by atoms with Gasteiger partial charge in [-0.15, -0.1) is 0 Å². The first kappa shape index (κ1) is 15.8. The van der Waals surface area contributed by atoms with Gasteiger partial charge in [-0.1, -0.05) is 12.8 Å². The van der Waals surface area contributed by atoms with Crippen molar-refractivity contribution >= 4 is 11.7 Å². The number of carbonyl (C=O) groups is 1. The number of aryl methyl sites for hydroxylation is 1. The molecule has 0 radical (unpaired) electrons. The van der Waals surface area contributed by atoms with E-state index in [0.717, 1.165) is 43.7 Å². The number of aliphatic hydroxyl groups is 1. The maximum absolute atomic E-state index is 12.8. The minimum absolute atomic E-state index is 0.000558. The highest BCUT2D eigenvalue weighted by Gasteiger charge is 2.27. The third kappa shape index (κ3) is 3.94. The second kappa shape index (κ2) is 7.41. The number of pyridine rings is 1. The topological polar surface area (TPSA) is 65.5 Å². The molecule has 1 saturated carbocycles. The van der Waals surface area contributed by atoms with Crippen molar-refractivity contribution < 1.29 is 9.90 Å². The summed E-state index contributed by atoms with van der Waals surface area (Å²) >= 11 is 0. The first-order valence-corrected chi connectivity index (χ1v) is 7.80. The summed E-state index contributed by atoms with van der Waals surface area (Å²) in [6, 6.07) is 3.89. The lowest BCUT2D eigenvalue weighted by Crippen LogP contribution is -2.40. The van der Waals surface area contributed by atoms with Crippen molar-refractivity contribution in [1.82, 2.24) is 9.88 Å². The molecule has 1 amide bonds. The van der Waals surface area contributed by atoms with Crippen molar-refractivity contribution in [2.45, 2.75) is 45.6 Å². The Kier molecular flexibility index (Phi) is 5.56. The van der Waals surface area contributed by atoms with E-state index < -0.39 is 0 Å². The molecule has 0 aromatic carbocycles. The molecule has 2 rings (SSSR count). The number of amides is 1. The van der Waals surface area contributed by atoms with Gasteiger partial charge in [0.05, 0.1) is 6.61 Å². The van der Waals surface area contributed by atoms with E-state index in [0.29, 0.717) is 12.1 Å². The molecule has 0 saturated heterocycles. The number of anilines is 1. The van der Waals surface area contributed by atoms with E-state index in [1.165, 1.54) is 0 Å². The van der Waals surface area contributed by atoms with E-state index in [4.69, 9.17) is 0 Å². The Hall–Kier alpha value is -1.62. The fourth-order valence-electron chi connectivity index (χ4n) is 3.00. The highest BCUT2D eigenvalue weighted by Crippen LogP contribution is 2.25.